The molecule has 0 aliphatic carbocycles. The molecule has 0 aliphatic rings. The summed E-state index contributed by atoms with van der Waals surface area (Å²) in [6.07, 6.45) is 3.61. The van der Waals surface area contributed by atoms with Gasteiger partial charge in [0.2, 0.25) is 0 Å². The lowest BCUT2D eigenvalue weighted by atomic mass is 10.0. The van der Waals surface area contributed by atoms with E-state index in [9.17, 15) is 4.79 Å². The van der Waals surface area contributed by atoms with Crippen molar-refractivity contribution in [1.29, 1.82) is 0 Å². The minimum Gasteiger partial charge on any atom is -0.347 e. The first-order valence-electron chi connectivity index (χ1n) is 9.37. The van der Waals surface area contributed by atoms with Crippen molar-refractivity contribution < 1.29 is 4.79 Å². The summed E-state index contributed by atoms with van der Waals surface area (Å²) in [5.41, 5.74) is 4.89. The smallest absolute Gasteiger partial charge is 0.270 e. The SMILES string of the molecule is CCCc1c(C(=O)NCc2ccccc2)ncc2c1c1ccccc1n2C. The second kappa shape index (κ2) is 7.23. The van der Waals surface area contributed by atoms with Gasteiger partial charge < -0.3 is 9.88 Å². The van der Waals surface area contributed by atoms with Crippen molar-refractivity contribution in [1.82, 2.24) is 14.9 Å². The summed E-state index contributed by atoms with van der Waals surface area (Å²) in [7, 11) is 2.05. The van der Waals surface area contributed by atoms with E-state index in [4.69, 9.17) is 0 Å². The Morgan fingerprint density at radius 2 is 1.78 bits per heavy atom. The summed E-state index contributed by atoms with van der Waals surface area (Å²) in [5.74, 6) is -0.114. The highest BCUT2D eigenvalue weighted by Crippen LogP contribution is 2.32. The summed E-state index contributed by atoms with van der Waals surface area (Å²) in [6, 6.07) is 18.3. The average molecular weight is 357 g/mol. The molecular weight excluding hydrogens is 334 g/mol. The fraction of sp³-hybridized carbons (Fsp3) is 0.217. The third kappa shape index (κ3) is 3.08. The summed E-state index contributed by atoms with van der Waals surface area (Å²) in [4.78, 5) is 17.5. The second-order valence-electron chi connectivity index (χ2n) is 6.84. The maximum Gasteiger partial charge on any atom is 0.270 e. The maximum absolute atomic E-state index is 12.9. The van der Waals surface area contributed by atoms with Crippen LogP contribution in [0.3, 0.4) is 0 Å². The molecule has 4 aromatic rings. The maximum atomic E-state index is 12.9. The number of nitrogens with zero attached hydrogens (tertiary/aromatic N) is 2. The van der Waals surface area contributed by atoms with E-state index >= 15 is 0 Å². The molecule has 0 atom stereocenters. The lowest BCUT2D eigenvalue weighted by molar-refractivity contribution is 0.0945. The van der Waals surface area contributed by atoms with Gasteiger partial charge in [0.05, 0.1) is 11.7 Å². The number of hydrogen-bond donors (Lipinski definition) is 1. The van der Waals surface area contributed by atoms with Gasteiger partial charge in [0.15, 0.2) is 0 Å². The first kappa shape index (κ1) is 17.3. The fourth-order valence-electron chi connectivity index (χ4n) is 3.75. The molecule has 0 unspecified atom stereocenters. The predicted octanol–water partition coefficient (Wildman–Crippen LogP) is 4.61. The molecule has 1 amide bonds. The van der Waals surface area contributed by atoms with Gasteiger partial charge in [-0.3, -0.25) is 4.79 Å². The molecule has 4 rings (SSSR count). The van der Waals surface area contributed by atoms with Crippen LogP contribution in [0.1, 0.15) is 35.0 Å². The molecule has 1 N–H and O–H groups in total. The largest absolute Gasteiger partial charge is 0.347 e. The molecule has 0 aliphatic heterocycles. The third-order valence-electron chi connectivity index (χ3n) is 5.07. The summed E-state index contributed by atoms with van der Waals surface area (Å²) in [6.45, 7) is 2.64. The van der Waals surface area contributed by atoms with Crippen LogP contribution in [0, 0.1) is 0 Å². The van der Waals surface area contributed by atoms with Crippen LogP contribution < -0.4 is 5.32 Å². The van der Waals surface area contributed by atoms with Crippen molar-refractivity contribution in [3.8, 4) is 0 Å². The zero-order chi connectivity index (χ0) is 18.8. The molecule has 0 saturated carbocycles. The molecule has 0 bridgehead atoms. The lowest BCUT2D eigenvalue weighted by Crippen LogP contribution is -2.25. The van der Waals surface area contributed by atoms with E-state index in [0.717, 1.165) is 40.4 Å². The topological polar surface area (TPSA) is 46.9 Å². The van der Waals surface area contributed by atoms with Crippen molar-refractivity contribution in [3.63, 3.8) is 0 Å². The number of pyridine rings is 1. The summed E-state index contributed by atoms with van der Waals surface area (Å²) in [5, 5.41) is 5.35. The Labute approximate surface area is 158 Å². The standard InChI is InChI=1S/C23H23N3O/c1-3-9-18-21-17-12-7-8-13-19(17)26(2)20(21)15-24-22(18)23(27)25-14-16-10-5-4-6-11-16/h4-8,10-13,15H,3,9,14H2,1-2H3,(H,25,27). The first-order chi connectivity index (χ1) is 13.2. The molecule has 2 aromatic carbocycles. The summed E-state index contributed by atoms with van der Waals surface area (Å²) >= 11 is 0. The van der Waals surface area contributed by atoms with Crippen molar-refractivity contribution in [2.75, 3.05) is 0 Å². The number of carbonyl (C=O) groups is 1. The Balaban J connectivity index is 1.79. The molecule has 27 heavy (non-hydrogen) atoms. The molecule has 0 radical (unpaired) electrons. The molecule has 0 spiro atoms. The van der Waals surface area contributed by atoms with Crippen LogP contribution in [-0.2, 0) is 20.0 Å². The highest BCUT2D eigenvalue weighted by Gasteiger charge is 2.19. The van der Waals surface area contributed by atoms with E-state index in [0.29, 0.717) is 12.2 Å². The number of nitrogens with one attached hydrogen (secondary N) is 1. The van der Waals surface area contributed by atoms with E-state index in [2.05, 4.69) is 41.0 Å². The van der Waals surface area contributed by atoms with Crippen LogP contribution >= 0.6 is 0 Å². The molecule has 2 heterocycles. The number of aryl methyl sites for hydroxylation is 2. The van der Waals surface area contributed by atoms with Gasteiger partial charge in [-0.05, 0) is 23.6 Å². The van der Waals surface area contributed by atoms with Gasteiger partial charge in [0, 0.05) is 29.9 Å². The third-order valence-corrected chi connectivity index (χ3v) is 5.07. The monoisotopic (exact) mass is 357 g/mol. The first-order valence-corrected chi connectivity index (χ1v) is 9.37. The number of carbonyl (C=O) groups excluding carboxylic acids is 1. The van der Waals surface area contributed by atoms with E-state index in [1.165, 1.54) is 5.39 Å². The van der Waals surface area contributed by atoms with Crippen molar-refractivity contribution in [3.05, 3.63) is 77.6 Å². The summed E-state index contributed by atoms with van der Waals surface area (Å²) < 4.78 is 2.16. The second-order valence-corrected chi connectivity index (χ2v) is 6.84. The van der Waals surface area contributed by atoms with Gasteiger partial charge >= 0.3 is 0 Å². The zero-order valence-electron chi connectivity index (χ0n) is 15.7. The fourth-order valence-corrected chi connectivity index (χ4v) is 3.75. The van der Waals surface area contributed by atoms with E-state index in [-0.39, 0.29) is 5.91 Å². The van der Waals surface area contributed by atoms with Crippen LogP contribution in [0.25, 0.3) is 21.8 Å². The molecular formula is C23H23N3O. The van der Waals surface area contributed by atoms with Crippen molar-refractivity contribution in [2.24, 2.45) is 7.05 Å². The predicted molar refractivity (Wildman–Crippen MR) is 110 cm³/mol. The molecule has 2 aromatic heterocycles. The molecule has 0 fully saturated rings. The normalized spacial score (nSPS) is 11.2. The lowest BCUT2D eigenvalue weighted by Gasteiger charge is -2.11. The Kier molecular flexibility index (Phi) is 4.63. The van der Waals surface area contributed by atoms with Crippen LogP contribution in [0.4, 0.5) is 0 Å². The number of rotatable bonds is 5. The van der Waals surface area contributed by atoms with Crippen LogP contribution in [0.2, 0.25) is 0 Å². The van der Waals surface area contributed by atoms with Crippen LogP contribution in [-0.4, -0.2) is 15.5 Å². The number of hydrogen-bond acceptors (Lipinski definition) is 2. The Morgan fingerprint density at radius 1 is 1.04 bits per heavy atom. The Bertz CT molecular complexity index is 1110. The van der Waals surface area contributed by atoms with Gasteiger partial charge in [-0.15, -0.1) is 0 Å². The highest BCUT2D eigenvalue weighted by molar-refractivity contribution is 6.12. The number of aromatic nitrogens is 2. The van der Waals surface area contributed by atoms with E-state index in [1.807, 2.05) is 48.7 Å². The van der Waals surface area contributed by atoms with Gasteiger partial charge in [0.1, 0.15) is 5.69 Å². The van der Waals surface area contributed by atoms with Gasteiger partial charge in [-0.1, -0.05) is 61.9 Å². The van der Waals surface area contributed by atoms with Crippen LogP contribution in [0.15, 0.2) is 60.8 Å². The minimum atomic E-state index is -0.114. The van der Waals surface area contributed by atoms with Gasteiger partial charge in [-0.25, -0.2) is 4.98 Å². The van der Waals surface area contributed by atoms with Gasteiger partial charge in [0.25, 0.3) is 5.91 Å². The zero-order valence-corrected chi connectivity index (χ0v) is 15.7. The van der Waals surface area contributed by atoms with E-state index in [1.54, 1.807) is 0 Å². The number of amides is 1. The number of benzene rings is 2. The molecule has 0 saturated heterocycles. The molecule has 4 heteroatoms. The molecule has 4 nitrogen and oxygen atoms in total. The Morgan fingerprint density at radius 3 is 2.56 bits per heavy atom. The van der Waals surface area contributed by atoms with Crippen molar-refractivity contribution in [2.45, 2.75) is 26.3 Å². The van der Waals surface area contributed by atoms with Crippen LogP contribution in [0.5, 0.6) is 0 Å². The quantitative estimate of drug-likeness (QED) is 0.567. The highest BCUT2D eigenvalue weighted by atomic mass is 16.1. The molecule has 136 valence electrons. The number of fused-ring (bicyclic) bond motifs is 3. The Hall–Kier alpha value is -3.14. The number of para-hydroxylation sites is 1. The van der Waals surface area contributed by atoms with E-state index < -0.39 is 0 Å². The van der Waals surface area contributed by atoms with Gasteiger partial charge in [-0.2, -0.15) is 0 Å². The van der Waals surface area contributed by atoms with Crippen molar-refractivity contribution >= 4 is 27.7 Å². The average Bonchev–Trinajstić information content (AvgIpc) is 3.00. The minimum absolute atomic E-state index is 0.114.